The number of hydrogen-bond donors (Lipinski definition) is 0. The van der Waals surface area contributed by atoms with Gasteiger partial charge in [0.15, 0.2) is 5.82 Å². The van der Waals surface area contributed by atoms with Gasteiger partial charge in [-0.3, -0.25) is 4.98 Å². The van der Waals surface area contributed by atoms with E-state index in [0.29, 0.717) is 21.1 Å². The Balaban J connectivity index is 2.22. The average molecular weight is 426 g/mol. The minimum absolute atomic E-state index is 0.358. The van der Waals surface area contributed by atoms with Crippen LogP contribution < -0.4 is 0 Å². The summed E-state index contributed by atoms with van der Waals surface area (Å²) in [4.78, 5) is 13.2. The molecule has 0 saturated carbocycles. The highest BCUT2D eigenvalue weighted by Gasteiger charge is 2.15. The van der Waals surface area contributed by atoms with E-state index < -0.39 is 0 Å². The van der Waals surface area contributed by atoms with Gasteiger partial charge in [0.2, 0.25) is 0 Å². The number of benzene rings is 1. The van der Waals surface area contributed by atoms with E-state index >= 15 is 0 Å². The second kappa shape index (κ2) is 6.22. The molecule has 0 radical (unpaired) electrons. The molecule has 0 aliphatic rings. The molecule has 0 aliphatic carbocycles. The lowest BCUT2D eigenvalue weighted by Gasteiger charge is -2.09. The highest BCUT2D eigenvalue weighted by Crippen LogP contribution is 2.34. The van der Waals surface area contributed by atoms with E-state index in [-0.39, 0.29) is 0 Å². The van der Waals surface area contributed by atoms with Crippen LogP contribution in [0.5, 0.6) is 0 Å². The molecule has 0 saturated heterocycles. The van der Waals surface area contributed by atoms with Crippen molar-refractivity contribution in [2.45, 2.75) is 0 Å². The Morgan fingerprint density at radius 1 is 0.857 bits per heavy atom. The van der Waals surface area contributed by atoms with E-state index in [1.165, 1.54) is 0 Å². The van der Waals surface area contributed by atoms with Crippen molar-refractivity contribution in [3.05, 3.63) is 62.8 Å². The van der Waals surface area contributed by atoms with Gasteiger partial charge in [-0.05, 0) is 44.0 Å². The van der Waals surface area contributed by atoms with E-state index in [4.69, 9.17) is 11.6 Å². The third-order valence-electron chi connectivity index (χ3n) is 2.83. The first-order valence-corrected chi connectivity index (χ1v) is 8.02. The van der Waals surface area contributed by atoms with Gasteiger partial charge in [0.05, 0.1) is 10.2 Å². The van der Waals surface area contributed by atoms with Crippen molar-refractivity contribution in [2.75, 3.05) is 0 Å². The molecule has 1 aromatic carbocycles. The van der Waals surface area contributed by atoms with Crippen LogP contribution in [0.1, 0.15) is 0 Å². The Kier molecular flexibility index (Phi) is 4.33. The van der Waals surface area contributed by atoms with Crippen LogP contribution >= 0.6 is 43.5 Å². The first-order chi connectivity index (χ1) is 10.2. The Labute approximate surface area is 143 Å². The predicted molar refractivity (Wildman–Crippen MR) is 91.1 cm³/mol. The van der Waals surface area contributed by atoms with E-state index in [1.807, 2.05) is 42.5 Å². The van der Waals surface area contributed by atoms with Gasteiger partial charge < -0.3 is 0 Å². The summed E-state index contributed by atoms with van der Waals surface area (Å²) < 4.78 is 1.49. The predicted octanol–water partition coefficient (Wildman–Crippen LogP) is 5.38. The van der Waals surface area contributed by atoms with Crippen molar-refractivity contribution in [1.82, 2.24) is 15.0 Å². The Morgan fingerprint density at radius 3 is 2.33 bits per heavy atom. The van der Waals surface area contributed by atoms with Gasteiger partial charge in [-0.1, -0.05) is 41.9 Å². The number of aromatic nitrogens is 3. The fraction of sp³-hybridized carbons (Fsp3) is 0. The molecule has 0 N–H and O–H groups in total. The lowest BCUT2D eigenvalue weighted by molar-refractivity contribution is 1.13. The number of hydrogen-bond acceptors (Lipinski definition) is 3. The number of pyridine rings is 1. The topological polar surface area (TPSA) is 38.7 Å². The van der Waals surface area contributed by atoms with Crippen molar-refractivity contribution in [1.29, 1.82) is 0 Å². The lowest BCUT2D eigenvalue weighted by Crippen LogP contribution is -1.97. The van der Waals surface area contributed by atoms with Gasteiger partial charge >= 0.3 is 0 Å². The highest BCUT2D eigenvalue weighted by molar-refractivity contribution is 9.11. The van der Waals surface area contributed by atoms with Crippen molar-refractivity contribution in [3.8, 4) is 22.8 Å². The first-order valence-electron chi connectivity index (χ1n) is 6.06. The largest absolute Gasteiger partial charge is 0.252 e. The third-order valence-corrected chi connectivity index (χ3v) is 4.72. The molecular formula is C15H8Br2ClN3. The summed E-state index contributed by atoms with van der Waals surface area (Å²) in [5.74, 6) is 0.481. The van der Waals surface area contributed by atoms with Crippen molar-refractivity contribution >= 4 is 43.5 Å². The maximum atomic E-state index is 6.23. The van der Waals surface area contributed by atoms with Crippen LogP contribution in [0.25, 0.3) is 22.8 Å². The first kappa shape index (κ1) is 14.6. The highest BCUT2D eigenvalue weighted by atomic mass is 79.9. The quantitative estimate of drug-likeness (QED) is 0.517. The van der Waals surface area contributed by atoms with Gasteiger partial charge in [0.25, 0.3) is 0 Å². The standard InChI is InChI=1S/C15H8Br2ClN3/c16-10-7-4-8-19-13(10)15-20-12(11(17)14(18)21-15)9-5-2-1-3-6-9/h1-8H. The van der Waals surface area contributed by atoms with E-state index in [2.05, 4.69) is 46.8 Å². The van der Waals surface area contributed by atoms with Crippen LogP contribution in [0, 0.1) is 0 Å². The second-order valence-electron chi connectivity index (χ2n) is 4.20. The molecule has 0 aliphatic heterocycles. The molecule has 2 aromatic heterocycles. The SMILES string of the molecule is Clc1nc(-c2ncccc2Br)nc(-c2ccccc2)c1Br. The Bertz CT molecular complexity index is 794. The van der Waals surface area contributed by atoms with E-state index in [9.17, 15) is 0 Å². The molecule has 0 fully saturated rings. The molecule has 2 heterocycles. The third kappa shape index (κ3) is 3.00. The van der Waals surface area contributed by atoms with Crippen LogP contribution in [0.3, 0.4) is 0 Å². The second-order valence-corrected chi connectivity index (χ2v) is 6.21. The van der Waals surface area contributed by atoms with Crippen LogP contribution in [0.4, 0.5) is 0 Å². The molecular weight excluding hydrogens is 417 g/mol. The molecule has 21 heavy (non-hydrogen) atoms. The summed E-state index contributed by atoms with van der Waals surface area (Å²) in [7, 11) is 0. The van der Waals surface area contributed by atoms with Gasteiger partial charge in [0.1, 0.15) is 10.8 Å². The van der Waals surface area contributed by atoms with Crippen LogP contribution in [0.2, 0.25) is 5.15 Å². The monoisotopic (exact) mass is 423 g/mol. The molecule has 0 bridgehead atoms. The van der Waals surface area contributed by atoms with Gasteiger partial charge in [-0.15, -0.1) is 0 Å². The zero-order chi connectivity index (χ0) is 14.8. The molecule has 104 valence electrons. The summed E-state index contributed by atoms with van der Waals surface area (Å²) in [6.45, 7) is 0. The summed E-state index contributed by atoms with van der Waals surface area (Å²) in [6.07, 6.45) is 1.70. The van der Waals surface area contributed by atoms with E-state index in [1.54, 1.807) is 6.20 Å². The lowest BCUT2D eigenvalue weighted by atomic mass is 10.1. The van der Waals surface area contributed by atoms with Crippen molar-refractivity contribution < 1.29 is 0 Å². The summed E-state index contributed by atoms with van der Waals surface area (Å²) in [5, 5.41) is 0.358. The molecule has 0 amide bonds. The molecule has 0 spiro atoms. The van der Waals surface area contributed by atoms with Crippen LogP contribution in [-0.4, -0.2) is 15.0 Å². The molecule has 3 nitrogen and oxygen atoms in total. The number of nitrogens with zero attached hydrogens (tertiary/aromatic N) is 3. The van der Waals surface area contributed by atoms with Gasteiger partial charge in [-0.2, -0.15) is 0 Å². The van der Waals surface area contributed by atoms with Crippen molar-refractivity contribution in [3.63, 3.8) is 0 Å². The summed E-state index contributed by atoms with van der Waals surface area (Å²) >= 11 is 13.1. The molecule has 3 rings (SSSR count). The fourth-order valence-electron chi connectivity index (χ4n) is 1.86. The maximum Gasteiger partial charge on any atom is 0.181 e. The minimum atomic E-state index is 0.358. The zero-order valence-electron chi connectivity index (χ0n) is 10.6. The Hall–Kier alpha value is -1.30. The van der Waals surface area contributed by atoms with Gasteiger partial charge in [-0.25, -0.2) is 9.97 Å². The normalized spacial score (nSPS) is 10.6. The summed E-state index contributed by atoms with van der Waals surface area (Å²) in [6, 6.07) is 13.5. The molecule has 3 aromatic rings. The Morgan fingerprint density at radius 2 is 1.62 bits per heavy atom. The van der Waals surface area contributed by atoms with Crippen LogP contribution in [-0.2, 0) is 0 Å². The smallest absolute Gasteiger partial charge is 0.181 e. The summed E-state index contributed by atoms with van der Waals surface area (Å²) in [5.41, 5.74) is 2.36. The van der Waals surface area contributed by atoms with Crippen LogP contribution in [0.15, 0.2) is 57.6 Å². The van der Waals surface area contributed by atoms with Gasteiger partial charge in [0, 0.05) is 16.2 Å². The number of halogens is 3. The molecule has 6 heteroatoms. The molecule has 0 atom stereocenters. The van der Waals surface area contributed by atoms with E-state index in [0.717, 1.165) is 15.7 Å². The maximum absolute atomic E-state index is 6.23. The van der Waals surface area contributed by atoms with Crippen molar-refractivity contribution in [2.24, 2.45) is 0 Å². The fourth-order valence-corrected chi connectivity index (χ4v) is 2.87. The number of rotatable bonds is 2. The molecule has 0 unspecified atom stereocenters. The minimum Gasteiger partial charge on any atom is -0.252 e. The zero-order valence-corrected chi connectivity index (χ0v) is 14.5. The average Bonchev–Trinajstić information content (AvgIpc) is 2.51.